The number of ether oxygens (including phenoxy) is 1. The van der Waals surface area contributed by atoms with Crippen LogP contribution in [0.2, 0.25) is 5.02 Å². The second-order valence-electron chi connectivity index (χ2n) is 4.51. The molecule has 0 aliphatic heterocycles. The molecule has 0 atom stereocenters. The zero-order valence-electron chi connectivity index (χ0n) is 12.0. The molecule has 0 unspecified atom stereocenters. The van der Waals surface area contributed by atoms with Crippen LogP contribution in [0.1, 0.15) is 0 Å². The van der Waals surface area contributed by atoms with E-state index in [2.05, 4.69) is 21.2 Å². The van der Waals surface area contributed by atoms with Crippen LogP contribution in [0.25, 0.3) is 0 Å². The summed E-state index contributed by atoms with van der Waals surface area (Å²) in [4.78, 5) is -0.587. The van der Waals surface area contributed by atoms with E-state index >= 15 is 0 Å². The van der Waals surface area contributed by atoms with Gasteiger partial charge in [-0.25, -0.2) is 12.8 Å². The zero-order chi connectivity index (χ0) is 18.1. The van der Waals surface area contributed by atoms with Crippen molar-refractivity contribution in [3.05, 3.63) is 45.6 Å². The maximum atomic E-state index is 13.3. The van der Waals surface area contributed by atoms with Gasteiger partial charge in [0.2, 0.25) is 9.84 Å². The van der Waals surface area contributed by atoms with Crippen LogP contribution in [0.15, 0.2) is 39.7 Å². The molecule has 10 heteroatoms. The van der Waals surface area contributed by atoms with Gasteiger partial charge in [-0.3, -0.25) is 0 Å². The number of sulfone groups is 1. The van der Waals surface area contributed by atoms with Crippen molar-refractivity contribution in [3.63, 3.8) is 0 Å². The van der Waals surface area contributed by atoms with Crippen LogP contribution in [0.5, 0.6) is 11.5 Å². The van der Waals surface area contributed by atoms with Gasteiger partial charge in [-0.05, 0) is 40.2 Å². The topological polar surface area (TPSA) is 55.4 Å². The van der Waals surface area contributed by atoms with E-state index in [-0.39, 0.29) is 26.7 Å². The summed E-state index contributed by atoms with van der Waals surface area (Å²) in [6.45, 7) is 0. The third kappa shape index (κ3) is 3.79. The molecule has 0 aliphatic carbocycles. The smallest absolute Gasteiger partial charge is 0.341 e. The van der Waals surface area contributed by atoms with Crippen LogP contribution in [0.3, 0.4) is 0 Å². The minimum Gasteiger partial charge on any atom is -0.456 e. The van der Waals surface area contributed by atoms with Gasteiger partial charge in [0.05, 0.1) is 15.1 Å². The van der Waals surface area contributed by atoms with Crippen molar-refractivity contribution in [1.82, 2.24) is 0 Å². The van der Waals surface area contributed by atoms with Crippen molar-refractivity contribution in [1.29, 1.82) is 0 Å². The van der Waals surface area contributed by atoms with Crippen molar-refractivity contribution in [3.8, 4) is 11.5 Å². The summed E-state index contributed by atoms with van der Waals surface area (Å²) in [6.07, 6.45) is 0. The van der Waals surface area contributed by atoms with Gasteiger partial charge in [0.25, 0.3) is 0 Å². The Hall–Kier alpha value is -1.45. The largest absolute Gasteiger partial charge is 0.456 e. The predicted molar refractivity (Wildman–Crippen MR) is 88.4 cm³/mol. The number of rotatable bonds is 5. The Morgan fingerprint density at radius 2 is 1.92 bits per heavy atom. The molecule has 1 N–H and O–H groups in total. The summed E-state index contributed by atoms with van der Waals surface area (Å²) in [5.74, 6) is -4.04. The lowest BCUT2D eigenvalue weighted by atomic mass is 10.3. The number of hydrogen-bond donors (Lipinski definition) is 1. The van der Waals surface area contributed by atoms with Crippen molar-refractivity contribution in [2.75, 3.05) is 12.4 Å². The minimum atomic E-state index is -4.81. The molecule has 0 bridgehead atoms. The van der Waals surface area contributed by atoms with Gasteiger partial charge in [-0.1, -0.05) is 11.6 Å². The van der Waals surface area contributed by atoms with E-state index in [0.29, 0.717) is 0 Å². The number of hydrogen-bond acceptors (Lipinski definition) is 4. The first kappa shape index (κ1) is 18.9. The third-order valence-electron chi connectivity index (χ3n) is 2.92. The first-order valence-electron chi connectivity index (χ1n) is 6.33. The maximum Gasteiger partial charge on any atom is 0.341 e. The van der Waals surface area contributed by atoms with Crippen molar-refractivity contribution >= 4 is 43.1 Å². The lowest BCUT2D eigenvalue weighted by Gasteiger charge is -2.15. The Labute approximate surface area is 149 Å². The van der Waals surface area contributed by atoms with Gasteiger partial charge in [0.1, 0.15) is 17.3 Å². The van der Waals surface area contributed by atoms with E-state index in [4.69, 9.17) is 16.3 Å². The van der Waals surface area contributed by atoms with Crippen LogP contribution in [-0.4, -0.2) is 21.2 Å². The van der Waals surface area contributed by atoms with E-state index in [9.17, 15) is 21.6 Å². The highest BCUT2D eigenvalue weighted by atomic mass is 79.9. The van der Waals surface area contributed by atoms with E-state index in [1.54, 1.807) is 0 Å². The summed E-state index contributed by atoms with van der Waals surface area (Å²) in [6, 6.07) is 5.66. The van der Waals surface area contributed by atoms with E-state index < -0.39 is 26.3 Å². The first-order chi connectivity index (χ1) is 11.2. The van der Waals surface area contributed by atoms with Gasteiger partial charge in [0.15, 0.2) is 0 Å². The van der Waals surface area contributed by atoms with E-state index in [0.717, 1.165) is 18.2 Å². The number of nitrogens with one attached hydrogen (secondary N) is 1. The van der Waals surface area contributed by atoms with Crippen LogP contribution in [0, 0.1) is 5.82 Å². The Morgan fingerprint density at radius 1 is 1.25 bits per heavy atom. The molecule has 0 saturated heterocycles. The van der Waals surface area contributed by atoms with Gasteiger partial charge in [-0.15, -0.1) is 0 Å². The van der Waals surface area contributed by atoms with Gasteiger partial charge in [0, 0.05) is 18.1 Å². The average Bonchev–Trinajstić information content (AvgIpc) is 2.47. The van der Waals surface area contributed by atoms with Crippen LogP contribution in [-0.2, 0) is 9.84 Å². The molecule has 0 amide bonds. The molecule has 4 nitrogen and oxygen atoms in total. The monoisotopic (exact) mass is 443 g/mol. The maximum absolute atomic E-state index is 13.3. The number of benzene rings is 2. The standard InChI is InChI=1S/C14H10BrClF3NO3S/c1-20-13-11(24(21,22)14(18)19)3-2-10(12(13)15)23-9-5-7(16)4-8(17)6-9/h2-6,14,20H,1H3. The highest BCUT2D eigenvalue weighted by Gasteiger charge is 2.31. The SMILES string of the molecule is CNc1c(S(=O)(=O)C(F)F)ccc(Oc2cc(F)cc(Cl)c2)c1Br. The Bertz CT molecular complexity index is 858. The Morgan fingerprint density at radius 3 is 2.46 bits per heavy atom. The second kappa shape index (κ2) is 7.20. The Balaban J connectivity index is 2.51. The molecule has 0 heterocycles. The van der Waals surface area contributed by atoms with Crippen molar-refractivity contribution < 1.29 is 26.3 Å². The molecule has 0 radical (unpaired) electrons. The van der Waals surface area contributed by atoms with Crippen LogP contribution < -0.4 is 10.1 Å². The normalized spacial score (nSPS) is 11.6. The van der Waals surface area contributed by atoms with Gasteiger partial charge >= 0.3 is 5.76 Å². The zero-order valence-corrected chi connectivity index (χ0v) is 15.1. The fraction of sp³-hybridized carbons (Fsp3) is 0.143. The van der Waals surface area contributed by atoms with E-state index in [1.807, 2.05) is 0 Å². The highest BCUT2D eigenvalue weighted by molar-refractivity contribution is 9.10. The lowest BCUT2D eigenvalue weighted by molar-refractivity contribution is 0.235. The molecule has 2 rings (SSSR count). The molecule has 0 aromatic heterocycles. The van der Waals surface area contributed by atoms with Gasteiger partial charge in [-0.2, -0.15) is 8.78 Å². The summed E-state index contributed by atoms with van der Waals surface area (Å²) in [5, 5.41) is 2.64. The fourth-order valence-corrected chi connectivity index (χ4v) is 3.80. The second-order valence-corrected chi connectivity index (χ2v) is 7.63. The lowest BCUT2D eigenvalue weighted by Crippen LogP contribution is -2.14. The molecule has 2 aromatic rings. The quantitative estimate of drug-likeness (QED) is 0.699. The Kier molecular flexibility index (Phi) is 5.67. The van der Waals surface area contributed by atoms with Crippen LogP contribution in [0.4, 0.5) is 18.9 Å². The fourth-order valence-electron chi connectivity index (χ4n) is 1.90. The molecule has 130 valence electrons. The molecular weight excluding hydrogens is 435 g/mol. The molecular formula is C14H10BrClF3NO3S. The number of halogens is 5. The summed E-state index contributed by atoms with van der Waals surface area (Å²) in [7, 11) is -3.44. The highest BCUT2D eigenvalue weighted by Crippen LogP contribution is 2.41. The van der Waals surface area contributed by atoms with Crippen LogP contribution >= 0.6 is 27.5 Å². The number of alkyl halides is 2. The molecule has 24 heavy (non-hydrogen) atoms. The average molecular weight is 445 g/mol. The number of anilines is 1. The molecule has 0 fully saturated rings. The molecule has 0 spiro atoms. The third-order valence-corrected chi connectivity index (χ3v) is 5.35. The minimum absolute atomic E-state index is 0.0622. The predicted octanol–water partition coefficient (Wildman–Crippen LogP) is 5.07. The molecule has 0 aliphatic rings. The first-order valence-corrected chi connectivity index (χ1v) is 9.04. The molecule has 0 saturated carbocycles. The van der Waals surface area contributed by atoms with E-state index in [1.165, 1.54) is 19.2 Å². The summed E-state index contributed by atoms with van der Waals surface area (Å²) >= 11 is 8.83. The van der Waals surface area contributed by atoms with Crippen molar-refractivity contribution in [2.24, 2.45) is 0 Å². The molecule has 2 aromatic carbocycles. The summed E-state index contributed by atoms with van der Waals surface area (Å²) in [5.41, 5.74) is -0.102. The summed E-state index contributed by atoms with van der Waals surface area (Å²) < 4.78 is 67.8. The van der Waals surface area contributed by atoms with Gasteiger partial charge < -0.3 is 10.1 Å². The van der Waals surface area contributed by atoms with Crippen molar-refractivity contribution in [2.45, 2.75) is 10.7 Å².